The first-order valence-corrected chi connectivity index (χ1v) is 7.65. The average molecular weight is 284 g/mol. The summed E-state index contributed by atoms with van der Waals surface area (Å²) in [6.07, 6.45) is 2.43. The van der Waals surface area contributed by atoms with E-state index in [0.29, 0.717) is 17.8 Å². The van der Waals surface area contributed by atoms with E-state index in [1.807, 2.05) is 29.2 Å². The Bertz CT molecular complexity index is 647. The number of likely N-dealkylation sites (N-methyl/N-ethyl adjacent to an activating group) is 1. The lowest BCUT2D eigenvalue weighted by Crippen LogP contribution is -2.42. The van der Waals surface area contributed by atoms with Crippen molar-refractivity contribution in [1.82, 2.24) is 19.8 Å². The molecule has 3 fully saturated rings. The van der Waals surface area contributed by atoms with E-state index in [-0.39, 0.29) is 5.91 Å². The molecule has 2 aromatic rings. The molecule has 0 radical (unpaired) electrons. The van der Waals surface area contributed by atoms with Gasteiger partial charge in [-0.3, -0.25) is 4.79 Å². The SMILES string of the molecule is CN1C[C@@H]2CC[C@H]1CN(C(=O)c1nc3ccccc3[nH]1)C2. The fourth-order valence-corrected chi connectivity index (χ4v) is 3.69. The summed E-state index contributed by atoms with van der Waals surface area (Å²) in [4.78, 5) is 24.8. The number of nitrogens with one attached hydrogen (secondary N) is 1. The molecule has 3 aliphatic rings. The molecule has 1 aromatic carbocycles. The van der Waals surface area contributed by atoms with Gasteiger partial charge >= 0.3 is 0 Å². The van der Waals surface area contributed by atoms with Crippen LogP contribution >= 0.6 is 0 Å². The van der Waals surface area contributed by atoms with Crippen molar-refractivity contribution in [3.63, 3.8) is 0 Å². The molecular formula is C16H20N4O. The van der Waals surface area contributed by atoms with Crippen molar-refractivity contribution in [2.75, 3.05) is 26.7 Å². The Kier molecular flexibility index (Phi) is 2.96. The van der Waals surface area contributed by atoms with Gasteiger partial charge in [0.15, 0.2) is 5.82 Å². The number of para-hydroxylation sites is 2. The number of rotatable bonds is 1. The Balaban J connectivity index is 1.62. The van der Waals surface area contributed by atoms with E-state index in [1.54, 1.807) is 0 Å². The van der Waals surface area contributed by atoms with Crippen molar-refractivity contribution in [2.45, 2.75) is 18.9 Å². The van der Waals surface area contributed by atoms with Crippen molar-refractivity contribution in [3.8, 4) is 0 Å². The molecule has 110 valence electrons. The third-order valence-electron chi connectivity index (χ3n) is 4.87. The van der Waals surface area contributed by atoms with Gasteiger partial charge < -0.3 is 14.8 Å². The number of nitrogens with zero attached hydrogens (tertiary/aromatic N) is 3. The van der Waals surface area contributed by atoms with Gasteiger partial charge in [-0.05, 0) is 37.9 Å². The van der Waals surface area contributed by atoms with Crippen LogP contribution < -0.4 is 0 Å². The first-order valence-electron chi connectivity index (χ1n) is 7.65. The lowest BCUT2D eigenvalue weighted by Gasteiger charge is -2.32. The predicted octanol–water partition coefficient (Wildman–Crippen LogP) is 1.73. The van der Waals surface area contributed by atoms with E-state index in [1.165, 1.54) is 12.8 Å². The summed E-state index contributed by atoms with van der Waals surface area (Å²) in [5.41, 5.74) is 1.78. The molecule has 21 heavy (non-hydrogen) atoms. The second kappa shape index (κ2) is 4.84. The second-order valence-corrected chi connectivity index (χ2v) is 6.35. The average Bonchev–Trinajstić information content (AvgIpc) is 2.73. The number of aromatic amines is 1. The smallest absolute Gasteiger partial charge is 0.289 e. The topological polar surface area (TPSA) is 52.2 Å². The monoisotopic (exact) mass is 284 g/mol. The van der Waals surface area contributed by atoms with Crippen LogP contribution in [0.1, 0.15) is 23.5 Å². The minimum atomic E-state index is 0.0402. The van der Waals surface area contributed by atoms with E-state index in [0.717, 1.165) is 30.7 Å². The molecule has 4 heterocycles. The molecular weight excluding hydrogens is 264 g/mol. The zero-order valence-corrected chi connectivity index (χ0v) is 12.2. The van der Waals surface area contributed by atoms with Crippen LogP contribution in [0.5, 0.6) is 0 Å². The molecule has 5 nitrogen and oxygen atoms in total. The highest BCUT2D eigenvalue weighted by Gasteiger charge is 2.35. The molecule has 1 amide bonds. The maximum absolute atomic E-state index is 12.8. The zero-order chi connectivity index (χ0) is 14.4. The predicted molar refractivity (Wildman–Crippen MR) is 81.1 cm³/mol. The maximum atomic E-state index is 12.8. The van der Waals surface area contributed by atoms with Crippen LogP contribution in [0.15, 0.2) is 24.3 Å². The molecule has 3 aliphatic heterocycles. The third-order valence-corrected chi connectivity index (χ3v) is 4.87. The summed E-state index contributed by atoms with van der Waals surface area (Å²) < 4.78 is 0. The number of aromatic nitrogens is 2. The van der Waals surface area contributed by atoms with Crippen LogP contribution in [0, 0.1) is 5.92 Å². The number of hydrogen-bond acceptors (Lipinski definition) is 3. The van der Waals surface area contributed by atoms with E-state index < -0.39 is 0 Å². The highest BCUT2D eigenvalue weighted by molar-refractivity contribution is 5.94. The van der Waals surface area contributed by atoms with Crippen LogP contribution in [0.25, 0.3) is 11.0 Å². The van der Waals surface area contributed by atoms with Crippen LogP contribution in [0.2, 0.25) is 0 Å². The third kappa shape index (κ3) is 2.21. The van der Waals surface area contributed by atoms with E-state index >= 15 is 0 Å². The first kappa shape index (κ1) is 12.8. The molecule has 5 heteroatoms. The lowest BCUT2D eigenvalue weighted by molar-refractivity contribution is 0.0732. The van der Waals surface area contributed by atoms with Gasteiger partial charge in [-0.2, -0.15) is 0 Å². The molecule has 3 saturated heterocycles. The summed E-state index contributed by atoms with van der Waals surface area (Å²) in [6.45, 7) is 2.79. The van der Waals surface area contributed by atoms with Gasteiger partial charge in [-0.15, -0.1) is 0 Å². The molecule has 2 bridgehead atoms. The number of imidazole rings is 1. The molecule has 1 N–H and O–H groups in total. The van der Waals surface area contributed by atoms with Gasteiger partial charge in [0.2, 0.25) is 0 Å². The molecule has 0 aliphatic carbocycles. The van der Waals surface area contributed by atoms with Gasteiger partial charge in [0.1, 0.15) is 0 Å². The maximum Gasteiger partial charge on any atom is 0.289 e. The Morgan fingerprint density at radius 3 is 2.90 bits per heavy atom. The van der Waals surface area contributed by atoms with Crippen LogP contribution in [-0.4, -0.2) is 58.4 Å². The molecule has 2 atom stereocenters. The van der Waals surface area contributed by atoms with Crippen molar-refractivity contribution in [2.24, 2.45) is 5.92 Å². The Hall–Kier alpha value is -1.88. The van der Waals surface area contributed by atoms with Crippen molar-refractivity contribution in [1.29, 1.82) is 0 Å². The summed E-state index contributed by atoms with van der Waals surface area (Å²) in [6, 6.07) is 8.28. The van der Waals surface area contributed by atoms with E-state index in [9.17, 15) is 4.79 Å². The second-order valence-electron chi connectivity index (χ2n) is 6.35. The number of hydrogen-bond donors (Lipinski definition) is 1. The zero-order valence-electron chi connectivity index (χ0n) is 12.2. The van der Waals surface area contributed by atoms with Crippen molar-refractivity contribution in [3.05, 3.63) is 30.1 Å². The fourth-order valence-electron chi connectivity index (χ4n) is 3.69. The summed E-state index contributed by atoms with van der Waals surface area (Å²) in [7, 11) is 2.17. The summed E-state index contributed by atoms with van der Waals surface area (Å²) in [5.74, 6) is 1.11. The number of H-pyrrole nitrogens is 1. The largest absolute Gasteiger partial charge is 0.334 e. The quantitative estimate of drug-likeness (QED) is 0.867. The van der Waals surface area contributed by atoms with Gasteiger partial charge in [-0.25, -0.2) is 4.98 Å². The number of benzene rings is 1. The van der Waals surface area contributed by atoms with Crippen LogP contribution in [0.3, 0.4) is 0 Å². The van der Waals surface area contributed by atoms with E-state index in [2.05, 4.69) is 21.9 Å². The Morgan fingerprint density at radius 2 is 2.10 bits per heavy atom. The lowest BCUT2D eigenvalue weighted by atomic mass is 9.96. The van der Waals surface area contributed by atoms with E-state index in [4.69, 9.17) is 0 Å². The molecule has 0 unspecified atom stereocenters. The number of fused-ring (bicyclic) bond motifs is 5. The standard InChI is InChI=1S/C16H20N4O/c1-19-8-11-6-7-12(19)10-20(9-11)16(21)15-17-13-4-2-3-5-14(13)18-15/h2-5,11-12H,6-10H2,1H3,(H,17,18)/t11-,12-/m0/s1. The van der Waals surface area contributed by atoms with Crippen molar-refractivity contribution < 1.29 is 4.79 Å². The highest BCUT2D eigenvalue weighted by atomic mass is 16.2. The van der Waals surface area contributed by atoms with Gasteiger partial charge in [-0.1, -0.05) is 12.1 Å². The van der Waals surface area contributed by atoms with Gasteiger partial charge in [0, 0.05) is 25.7 Å². The molecule has 0 spiro atoms. The summed E-state index contributed by atoms with van der Waals surface area (Å²) >= 11 is 0. The van der Waals surface area contributed by atoms with Crippen LogP contribution in [-0.2, 0) is 0 Å². The Labute approximate surface area is 123 Å². The molecule has 5 rings (SSSR count). The van der Waals surface area contributed by atoms with Gasteiger partial charge in [0.25, 0.3) is 5.91 Å². The van der Waals surface area contributed by atoms with Crippen molar-refractivity contribution >= 4 is 16.9 Å². The minimum Gasteiger partial charge on any atom is -0.334 e. The normalized spacial score (nSPS) is 26.2. The molecule has 0 saturated carbocycles. The number of carbonyl (C=O) groups is 1. The fraction of sp³-hybridized carbons (Fsp3) is 0.500. The number of carbonyl (C=O) groups excluding carboxylic acids is 1. The number of piperidine rings is 1. The van der Waals surface area contributed by atoms with Gasteiger partial charge in [0.05, 0.1) is 11.0 Å². The number of amides is 1. The Morgan fingerprint density at radius 1 is 1.24 bits per heavy atom. The minimum absolute atomic E-state index is 0.0402. The highest BCUT2D eigenvalue weighted by Crippen LogP contribution is 2.27. The summed E-state index contributed by atoms with van der Waals surface area (Å²) in [5, 5.41) is 0. The molecule has 1 aromatic heterocycles. The van der Waals surface area contributed by atoms with Crippen LogP contribution in [0.4, 0.5) is 0 Å². The first-order chi connectivity index (χ1) is 10.2.